The summed E-state index contributed by atoms with van der Waals surface area (Å²) in [5.41, 5.74) is 1.82. The molecule has 0 unspecified atom stereocenters. The van der Waals surface area contributed by atoms with E-state index in [9.17, 15) is 9.59 Å². The molecule has 7 nitrogen and oxygen atoms in total. The number of rotatable bonds is 9. The maximum absolute atomic E-state index is 12.3. The monoisotopic (exact) mass is 458 g/mol. The Kier molecular flexibility index (Phi) is 8.13. The number of nitrogens with zero attached hydrogens (tertiary/aromatic N) is 1. The van der Waals surface area contributed by atoms with E-state index in [1.54, 1.807) is 48.5 Å². The second-order valence-corrected chi connectivity index (χ2v) is 8.25. The van der Waals surface area contributed by atoms with E-state index in [1.807, 2.05) is 30.3 Å². The summed E-state index contributed by atoms with van der Waals surface area (Å²) in [5, 5.41) is 8.52. The molecule has 0 radical (unpaired) electrons. The van der Waals surface area contributed by atoms with Crippen molar-refractivity contribution in [3.63, 3.8) is 0 Å². The van der Waals surface area contributed by atoms with Crippen molar-refractivity contribution in [1.29, 1.82) is 0 Å². The molecule has 3 N–H and O–H groups in total. The molecule has 0 aliphatic carbocycles. The summed E-state index contributed by atoms with van der Waals surface area (Å²) in [4.78, 5) is 27.1. The van der Waals surface area contributed by atoms with Gasteiger partial charge in [0.25, 0.3) is 5.91 Å². The molecule has 1 heterocycles. The molecule has 4 rings (SSSR count). The summed E-state index contributed by atoms with van der Waals surface area (Å²) in [6.07, 6.45) is 3.51. The van der Waals surface area contributed by atoms with Crippen molar-refractivity contribution in [2.75, 3.05) is 36.8 Å². The van der Waals surface area contributed by atoms with E-state index in [4.69, 9.17) is 4.74 Å². The fourth-order valence-corrected chi connectivity index (χ4v) is 3.84. The molecule has 3 aromatic carbocycles. The molecule has 0 saturated carbocycles. The van der Waals surface area contributed by atoms with Crippen molar-refractivity contribution in [2.24, 2.45) is 0 Å². The first kappa shape index (κ1) is 23.3. The highest BCUT2D eigenvalue weighted by molar-refractivity contribution is 6.00. The van der Waals surface area contributed by atoms with Gasteiger partial charge in [0.15, 0.2) is 0 Å². The minimum Gasteiger partial charge on any atom is -0.457 e. The molecule has 34 heavy (non-hydrogen) atoms. The largest absolute Gasteiger partial charge is 0.457 e. The Morgan fingerprint density at radius 3 is 2.00 bits per heavy atom. The first-order valence-corrected chi connectivity index (χ1v) is 11.7. The Bertz CT molecular complexity index is 1060. The highest BCUT2D eigenvalue weighted by Crippen LogP contribution is 2.22. The minimum absolute atomic E-state index is 0.102. The fourth-order valence-electron chi connectivity index (χ4n) is 3.84. The van der Waals surface area contributed by atoms with Gasteiger partial charge >= 0.3 is 6.03 Å². The van der Waals surface area contributed by atoms with E-state index in [1.165, 1.54) is 25.9 Å². The molecular weight excluding hydrogens is 428 g/mol. The SMILES string of the molecule is O=C(Nc1ccc(Oc2ccccc2)cc1)Nc1ccc(C(=O)NCCCN2CCCC2)cc1. The summed E-state index contributed by atoms with van der Waals surface area (Å²) < 4.78 is 5.76. The smallest absolute Gasteiger partial charge is 0.323 e. The molecule has 0 spiro atoms. The Balaban J connectivity index is 1.19. The van der Waals surface area contributed by atoms with Gasteiger partial charge in [-0.25, -0.2) is 4.79 Å². The van der Waals surface area contributed by atoms with E-state index in [0.717, 1.165) is 18.7 Å². The summed E-state index contributed by atoms with van der Waals surface area (Å²) in [5.74, 6) is 1.33. The standard InChI is InChI=1S/C27H30N4O3/c32-26(28-17-6-20-31-18-4-5-19-31)21-9-11-22(12-10-21)29-27(33)30-23-13-15-25(16-14-23)34-24-7-2-1-3-8-24/h1-3,7-16H,4-6,17-20H2,(H,28,32)(H2,29,30,33). The lowest BCUT2D eigenvalue weighted by molar-refractivity contribution is 0.0952. The van der Waals surface area contributed by atoms with Crippen molar-refractivity contribution in [1.82, 2.24) is 10.2 Å². The van der Waals surface area contributed by atoms with Crippen LogP contribution in [0.4, 0.5) is 16.2 Å². The van der Waals surface area contributed by atoms with Crippen LogP contribution in [0.2, 0.25) is 0 Å². The molecule has 7 heteroatoms. The Morgan fingerprint density at radius 1 is 0.765 bits per heavy atom. The molecule has 176 valence electrons. The average molecular weight is 459 g/mol. The van der Waals surface area contributed by atoms with Crippen LogP contribution in [0.1, 0.15) is 29.6 Å². The van der Waals surface area contributed by atoms with Gasteiger partial charge in [-0.2, -0.15) is 0 Å². The molecule has 0 atom stereocenters. The summed E-state index contributed by atoms with van der Waals surface area (Å²) in [6, 6.07) is 23.1. The van der Waals surface area contributed by atoms with E-state index >= 15 is 0 Å². The van der Waals surface area contributed by atoms with Crippen molar-refractivity contribution in [3.8, 4) is 11.5 Å². The van der Waals surface area contributed by atoms with E-state index in [-0.39, 0.29) is 11.9 Å². The lowest BCUT2D eigenvalue weighted by Crippen LogP contribution is -2.28. The number of hydrogen-bond acceptors (Lipinski definition) is 4. The van der Waals surface area contributed by atoms with Gasteiger partial charge in [0.05, 0.1) is 0 Å². The third-order valence-corrected chi connectivity index (χ3v) is 5.63. The van der Waals surface area contributed by atoms with Crippen molar-refractivity contribution in [2.45, 2.75) is 19.3 Å². The van der Waals surface area contributed by atoms with E-state index < -0.39 is 0 Å². The zero-order valence-corrected chi connectivity index (χ0v) is 19.1. The van der Waals surface area contributed by atoms with Gasteiger partial charge in [-0.05, 0) is 99.6 Å². The number of anilines is 2. The number of carbonyl (C=O) groups excluding carboxylic acids is 2. The fraction of sp³-hybridized carbons (Fsp3) is 0.259. The maximum atomic E-state index is 12.3. The zero-order valence-electron chi connectivity index (χ0n) is 19.1. The van der Waals surface area contributed by atoms with Gasteiger partial charge < -0.3 is 25.6 Å². The summed E-state index contributed by atoms with van der Waals surface area (Å²) in [6.45, 7) is 4.03. The number of hydrogen-bond donors (Lipinski definition) is 3. The lowest BCUT2D eigenvalue weighted by atomic mass is 10.2. The topological polar surface area (TPSA) is 82.7 Å². The summed E-state index contributed by atoms with van der Waals surface area (Å²) in [7, 11) is 0. The third-order valence-electron chi connectivity index (χ3n) is 5.63. The number of urea groups is 1. The first-order chi connectivity index (χ1) is 16.7. The molecular formula is C27H30N4O3. The van der Waals surface area contributed by atoms with Crippen LogP contribution in [0.25, 0.3) is 0 Å². The van der Waals surface area contributed by atoms with Crippen LogP contribution in [0.3, 0.4) is 0 Å². The maximum Gasteiger partial charge on any atom is 0.323 e. The van der Waals surface area contributed by atoms with E-state index in [0.29, 0.717) is 29.2 Å². The number of carbonyl (C=O) groups is 2. The molecule has 1 fully saturated rings. The van der Waals surface area contributed by atoms with Gasteiger partial charge in [0.1, 0.15) is 11.5 Å². The quantitative estimate of drug-likeness (QED) is 0.378. The second kappa shape index (κ2) is 11.9. The number of likely N-dealkylation sites (tertiary alicyclic amines) is 1. The number of para-hydroxylation sites is 1. The van der Waals surface area contributed by atoms with Gasteiger partial charge in [-0.1, -0.05) is 18.2 Å². The Morgan fingerprint density at radius 2 is 1.35 bits per heavy atom. The van der Waals surface area contributed by atoms with Gasteiger partial charge in [0.2, 0.25) is 0 Å². The average Bonchev–Trinajstić information content (AvgIpc) is 3.38. The first-order valence-electron chi connectivity index (χ1n) is 11.7. The number of nitrogens with one attached hydrogen (secondary N) is 3. The predicted octanol–water partition coefficient (Wildman–Crippen LogP) is 5.34. The van der Waals surface area contributed by atoms with Gasteiger partial charge in [0, 0.05) is 23.5 Å². The number of ether oxygens (including phenoxy) is 1. The Hall–Kier alpha value is -3.84. The normalized spacial score (nSPS) is 13.3. The Labute approximate surface area is 200 Å². The van der Waals surface area contributed by atoms with Gasteiger partial charge in [-0.15, -0.1) is 0 Å². The van der Waals surface area contributed by atoms with Crippen LogP contribution in [-0.2, 0) is 0 Å². The van der Waals surface area contributed by atoms with Crippen molar-refractivity contribution >= 4 is 23.3 Å². The zero-order chi connectivity index (χ0) is 23.6. The van der Waals surface area contributed by atoms with Crippen molar-refractivity contribution < 1.29 is 14.3 Å². The third kappa shape index (κ3) is 7.08. The predicted molar refractivity (Wildman–Crippen MR) is 135 cm³/mol. The second-order valence-electron chi connectivity index (χ2n) is 8.25. The molecule has 3 amide bonds. The van der Waals surface area contributed by atoms with E-state index in [2.05, 4.69) is 20.9 Å². The van der Waals surface area contributed by atoms with Crippen molar-refractivity contribution in [3.05, 3.63) is 84.4 Å². The van der Waals surface area contributed by atoms with Crippen LogP contribution >= 0.6 is 0 Å². The van der Waals surface area contributed by atoms with Gasteiger partial charge in [-0.3, -0.25) is 4.79 Å². The molecule has 3 aromatic rings. The molecule has 0 bridgehead atoms. The molecule has 0 aromatic heterocycles. The highest BCUT2D eigenvalue weighted by Gasteiger charge is 2.11. The number of amides is 3. The van der Waals surface area contributed by atoms with Crippen LogP contribution in [0.15, 0.2) is 78.9 Å². The molecule has 1 aliphatic rings. The molecule has 1 saturated heterocycles. The van der Waals surface area contributed by atoms with Crippen LogP contribution < -0.4 is 20.7 Å². The minimum atomic E-state index is -0.365. The highest BCUT2D eigenvalue weighted by atomic mass is 16.5. The summed E-state index contributed by atoms with van der Waals surface area (Å²) >= 11 is 0. The van der Waals surface area contributed by atoms with Crippen LogP contribution in [0, 0.1) is 0 Å². The molecule has 1 aliphatic heterocycles. The number of benzene rings is 3. The van der Waals surface area contributed by atoms with Crippen LogP contribution in [0.5, 0.6) is 11.5 Å². The van der Waals surface area contributed by atoms with Crippen LogP contribution in [-0.4, -0.2) is 43.0 Å². The lowest BCUT2D eigenvalue weighted by Gasteiger charge is -2.14.